The molecule has 0 spiro atoms. The third-order valence-corrected chi connectivity index (χ3v) is 5.05. The fourth-order valence-corrected chi connectivity index (χ4v) is 3.65. The fourth-order valence-electron chi connectivity index (χ4n) is 3.65. The molecule has 1 aromatic heterocycles. The van der Waals surface area contributed by atoms with Gasteiger partial charge in [0.1, 0.15) is 5.69 Å². The molecular formula is C16H24N4O2. The Kier molecular flexibility index (Phi) is 3.66. The zero-order valence-corrected chi connectivity index (χ0v) is 13.1. The van der Waals surface area contributed by atoms with E-state index >= 15 is 0 Å². The van der Waals surface area contributed by atoms with Crippen molar-refractivity contribution in [2.24, 2.45) is 18.9 Å². The van der Waals surface area contributed by atoms with Crippen LogP contribution in [0.5, 0.6) is 0 Å². The summed E-state index contributed by atoms with van der Waals surface area (Å²) < 4.78 is 7.70. The molecule has 4 rings (SSSR count). The third kappa shape index (κ3) is 2.90. The van der Waals surface area contributed by atoms with E-state index in [-0.39, 0.29) is 12.0 Å². The van der Waals surface area contributed by atoms with Crippen LogP contribution in [0.15, 0.2) is 12.3 Å². The van der Waals surface area contributed by atoms with E-state index in [1.807, 2.05) is 18.1 Å². The van der Waals surface area contributed by atoms with E-state index in [1.165, 1.54) is 19.4 Å². The molecule has 2 aliphatic heterocycles. The molecule has 3 fully saturated rings. The summed E-state index contributed by atoms with van der Waals surface area (Å²) in [7, 11) is 1.84. The molecule has 6 nitrogen and oxygen atoms in total. The molecule has 2 saturated heterocycles. The van der Waals surface area contributed by atoms with Gasteiger partial charge in [0.15, 0.2) is 0 Å². The Morgan fingerprint density at radius 1 is 1.36 bits per heavy atom. The molecule has 2 atom stereocenters. The zero-order valence-electron chi connectivity index (χ0n) is 13.1. The molecular weight excluding hydrogens is 280 g/mol. The van der Waals surface area contributed by atoms with Gasteiger partial charge in [0, 0.05) is 51.9 Å². The number of aromatic nitrogens is 2. The minimum Gasteiger partial charge on any atom is -0.375 e. The predicted octanol–water partition coefficient (Wildman–Crippen LogP) is 0.603. The third-order valence-electron chi connectivity index (χ3n) is 5.05. The van der Waals surface area contributed by atoms with Crippen molar-refractivity contribution in [2.45, 2.75) is 18.9 Å². The number of rotatable bonds is 3. The molecule has 0 aromatic carbocycles. The van der Waals surface area contributed by atoms with Crippen LogP contribution in [0.2, 0.25) is 0 Å². The van der Waals surface area contributed by atoms with Crippen molar-refractivity contribution in [3.63, 3.8) is 0 Å². The average molecular weight is 304 g/mol. The lowest BCUT2D eigenvalue weighted by molar-refractivity contribution is 0.0482. The Morgan fingerprint density at radius 2 is 2.23 bits per heavy atom. The van der Waals surface area contributed by atoms with Crippen molar-refractivity contribution >= 4 is 5.91 Å². The van der Waals surface area contributed by atoms with Crippen LogP contribution in [-0.2, 0) is 11.8 Å². The van der Waals surface area contributed by atoms with Crippen molar-refractivity contribution < 1.29 is 9.53 Å². The van der Waals surface area contributed by atoms with Crippen LogP contribution in [0.3, 0.4) is 0 Å². The fraction of sp³-hybridized carbons (Fsp3) is 0.750. The molecule has 1 aliphatic carbocycles. The second-order valence-corrected chi connectivity index (χ2v) is 6.96. The first-order chi connectivity index (χ1) is 10.7. The summed E-state index contributed by atoms with van der Waals surface area (Å²) in [6, 6.07) is 1.79. The second-order valence-electron chi connectivity index (χ2n) is 6.96. The summed E-state index contributed by atoms with van der Waals surface area (Å²) in [5.41, 5.74) is 0.536. The van der Waals surface area contributed by atoms with Gasteiger partial charge in [-0.15, -0.1) is 0 Å². The van der Waals surface area contributed by atoms with E-state index < -0.39 is 0 Å². The minimum atomic E-state index is 0.0333. The average Bonchev–Trinajstić information content (AvgIpc) is 3.13. The van der Waals surface area contributed by atoms with Crippen molar-refractivity contribution in [3.05, 3.63) is 18.0 Å². The molecule has 0 radical (unpaired) electrons. The molecule has 1 aromatic rings. The van der Waals surface area contributed by atoms with Gasteiger partial charge in [-0.25, -0.2) is 0 Å². The Balaban J connectivity index is 1.40. The summed E-state index contributed by atoms with van der Waals surface area (Å²) in [5, 5.41) is 4.23. The van der Waals surface area contributed by atoms with E-state index in [0.29, 0.717) is 18.2 Å². The first-order valence-electron chi connectivity index (χ1n) is 8.32. The van der Waals surface area contributed by atoms with Gasteiger partial charge in [-0.3, -0.25) is 9.48 Å². The molecule has 6 heteroatoms. The highest BCUT2D eigenvalue weighted by Crippen LogP contribution is 2.31. The van der Waals surface area contributed by atoms with Gasteiger partial charge in [-0.05, 0) is 24.8 Å². The number of carbonyl (C=O) groups is 1. The molecule has 1 amide bonds. The van der Waals surface area contributed by atoms with Crippen LogP contribution in [0.4, 0.5) is 0 Å². The molecule has 1 saturated carbocycles. The van der Waals surface area contributed by atoms with Gasteiger partial charge >= 0.3 is 0 Å². The minimum absolute atomic E-state index is 0.0333. The van der Waals surface area contributed by atoms with Crippen LogP contribution >= 0.6 is 0 Å². The van der Waals surface area contributed by atoms with Gasteiger partial charge in [0.2, 0.25) is 0 Å². The smallest absolute Gasteiger partial charge is 0.274 e. The molecule has 0 unspecified atom stereocenters. The van der Waals surface area contributed by atoms with Crippen LogP contribution in [0.25, 0.3) is 0 Å². The summed E-state index contributed by atoms with van der Waals surface area (Å²) in [4.78, 5) is 17.0. The molecule has 22 heavy (non-hydrogen) atoms. The van der Waals surface area contributed by atoms with Gasteiger partial charge < -0.3 is 14.5 Å². The maximum absolute atomic E-state index is 12.5. The largest absolute Gasteiger partial charge is 0.375 e. The van der Waals surface area contributed by atoms with Crippen molar-refractivity contribution in [3.8, 4) is 0 Å². The van der Waals surface area contributed by atoms with E-state index in [4.69, 9.17) is 4.74 Å². The summed E-state index contributed by atoms with van der Waals surface area (Å²) in [6.45, 7) is 5.60. The van der Waals surface area contributed by atoms with Crippen LogP contribution in [0, 0.1) is 11.8 Å². The van der Waals surface area contributed by atoms with E-state index in [0.717, 1.165) is 32.2 Å². The van der Waals surface area contributed by atoms with Gasteiger partial charge in [0.25, 0.3) is 5.91 Å². The lowest BCUT2D eigenvalue weighted by Gasteiger charge is -2.23. The van der Waals surface area contributed by atoms with Crippen LogP contribution < -0.4 is 0 Å². The Hall–Kier alpha value is -1.40. The number of hydrogen-bond acceptors (Lipinski definition) is 4. The highest BCUT2D eigenvalue weighted by molar-refractivity contribution is 5.92. The number of ether oxygens (including phenoxy) is 1. The topological polar surface area (TPSA) is 50.6 Å². The lowest BCUT2D eigenvalue weighted by atomic mass is 10.1. The summed E-state index contributed by atoms with van der Waals surface area (Å²) in [5.74, 6) is 1.38. The highest BCUT2D eigenvalue weighted by Gasteiger charge is 2.39. The van der Waals surface area contributed by atoms with Gasteiger partial charge in [-0.1, -0.05) is 0 Å². The molecule has 0 bridgehead atoms. The van der Waals surface area contributed by atoms with Crippen LogP contribution in [-0.4, -0.2) is 70.9 Å². The number of nitrogens with zero attached hydrogens (tertiary/aromatic N) is 4. The first kappa shape index (κ1) is 14.2. The number of aryl methyl sites for hydroxylation is 1. The molecule has 120 valence electrons. The van der Waals surface area contributed by atoms with Crippen molar-refractivity contribution in [1.82, 2.24) is 19.6 Å². The number of hydrogen-bond donors (Lipinski definition) is 0. The maximum Gasteiger partial charge on any atom is 0.274 e. The quantitative estimate of drug-likeness (QED) is 0.821. The number of carbonyl (C=O) groups excluding carboxylic acids is 1. The predicted molar refractivity (Wildman–Crippen MR) is 81.5 cm³/mol. The summed E-state index contributed by atoms with van der Waals surface area (Å²) in [6.07, 6.45) is 4.78. The molecule has 3 aliphatic rings. The Morgan fingerprint density at radius 3 is 2.95 bits per heavy atom. The second kappa shape index (κ2) is 5.66. The van der Waals surface area contributed by atoms with Gasteiger partial charge in [0.05, 0.1) is 12.7 Å². The van der Waals surface area contributed by atoms with E-state index in [1.54, 1.807) is 10.7 Å². The monoisotopic (exact) mass is 304 g/mol. The van der Waals surface area contributed by atoms with E-state index in [9.17, 15) is 4.79 Å². The first-order valence-corrected chi connectivity index (χ1v) is 8.32. The normalized spacial score (nSPS) is 29.4. The van der Waals surface area contributed by atoms with E-state index in [2.05, 4.69) is 10.00 Å². The summed E-state index contributed by atoms with van der Waals surface area (Å²) >= 11 is 0. The van der Waals surface area contributed by atoms with Crippen LogP contribution in [0.1, 0.15) is 23.3 Å². The number of fused-ring (bicyclic) bond motifs is 1. The highest BCUT2D eigenvalue weighted by atomic mass is 16.5. The van der Waals surface area contributed by atoms with Gasteiger partial charge in [-0.2, -0.15) is 5.10 Å². The SMILES string of the molecule is Cn1ccc(C(=O)N2C[C@@H]3CN(CC4CC4)CCO[C@@H]3C2)n1. The zero-order chi connectivity index (χ0) is 15.1. The van der Waals surface area contributed by atoms with Crippen molar-refractivity contribution in [1.29, 1.82) is 0 Å². The molecule has 0 N–H and O–H groups in total. The number of likely N-dealkylation sites (tertiary alicyclic amines) is 1. The maximum atomic E-state index is 12.5. The Bertz CT molecular complexity index is 554. The Labute approximate surface area is 131 Å². The standard InChI is InChI=1S/C16H24N4O2/c1-18-5-4-14(17-18)16(21)20-10-13-9-19(8-12-2-3-12)6-7-22-15(13)11-20/h4-5,12-13,15H,2-3,6-11H2,1H3/t13-,15+/m0/s1. The lowest BCUT2D eigenvalue weighted by Crippen LogP contribution is -2.35. The molecule has 3 heterocycles. The van der Waals surface area contributed by atoms with Crippen molar-refractivity contribution in [2.75, 3.05) is 39.3 Å². The number of amides is 1.